The molecule has 2 nitrogen and oxygen atoms in total. The molecular formula is C15H13F3NO. The van der Waals surface area contributed by atoms with Crippen LogP contribution < -0.4 is 4.74 Å². The van der Waals surface area contributed by atoms with E-state index in [0.29, 0.717) is 23.8 Å². The predicted octanol–water partition coefficient (Wildman–Crippen LogP) is 3.94. The quantitative estimate of drug-likeness (QED) is 0.846. The van der Waals surface area contributed by atoms with E-state index in [1.165, 1.54) is 19.4 Å². The van der Waals surface area contributed by atoms with Crippen molar-refractivity contribution in [3.05, 3.63) is 65.6 Å². The number of rotatable bonds is 4. The first-order valence-electron chi connectivity index (χ1n) is 5.92. The summed E-state index contributed by atoms with van der Waals surface area (Å²) < 4.78 is 45.0. The molecule has 0 amide bonds. The lowest BCUT2D eigenvalue weighted by Crippen LogP contribution is -2.10. The van der Waals surface area contributed by atoms with Gasteiger partial charge < -0.3 is 4.74 Å². The van der Waals surface area contributed by atoms with Crippen LogP contribution in [0.3, 0.4) is 0 Å². The van der Waals surface area contributed by atoms with Crippen molar-refractivity contribution in [2.45, 2.75) is 12.8 Å². The zero-order valence-electron chi connectivity index (χ0n) is 11.0. The van der Waals surface area contributed by atoms with E-state index in [4.69, 9.17) is 4.74 Å². The largest absolute Gasteiger partial charge is 0.495 e. The summed E-state index contributed by atoms with van der Waals surface area (Å²) in [6.45, 7) is 0.669. The van der Waals surface area contributed by atoms with Gasteiger partial charge in [0.15, 0.2) is 0 Å². The van der Waals surface area contributed by atoms with Crippen molar-refractivity contribution in [2.75, 3.05) is 7.11 Å². The second kappa shape index (κ2) is 5.53. The average molecular weight is 280 g/mol. The highest BCUT2D eigenvalue weighted by molar-refractivity contribution is 5.41. The minimum absolute atomic E-state index is 0.470. The molecule has 1 heterocycles. The molecular weight excluding hydrogens is 267 g/mol. The standard InChI is InChI=1S/C15H13F3NO/c1-15(17,18)13-7-10(3-4-14(13)16)5-11-6-12(20-2)9-19-8-11/h3-9H,1-2H3. The fraction of sp³-hybridized carbons (Fsp3) is 0.200. The molecule has 20 heavy (non-hydrogen) atoms. The van der Waals surface area contributed by atoms with E-state index in [1.54, 1.807) is 18.7 Å². The Hall–Kier alpha value is -2.04. The van der Waals surface area contributed by atoms with Crippen molar-refractivity contribution in [1.29, 1.82) is 0 Å². The van der Waals surface area contributed by atoms with E-state index in [2.05, 4.69) is 4.98 Å². The first kappa shape index (κ1) is 14.4. The van der Waals surface area contributed by atoms with Crippen LogP contribution in [0.2, 0.25) is 0 Å². The number of hydrogen-bond acceptors (Lipinski definition) is 2. The van der Waals surface area contributed by atoms with Gasteiger partial charge in [-0.25, -0.2) is 13.2 Å². The van der Waals surface area contributed by atoms with Crippen LogP contribution in [-0.2, 0) is 5.92 Å². The number of alkyl halides is 2. The van der Waals surface area contributed by atoms with E-state index in [1.807, 2.05) is 0 Å². The summed E-state index contributed by atoms with van der Waals surface area (Å²) in [5.41, 5.74) is 0.529. The minimum Gasteiger partial charge on any atom is -0.495 e. The summed E-state index contributed by atoms with van der Waals surface area (Å²) in [5.74, 6) is -3.58. The Balaban J connectivity index is 2.30. The number of benzene rings is 1. The van der Waals surface area contributed by atoms with Gasteiger partial charge in [0.25, 0.3) is 5.92 Å². The molecule has 0 fully saturated rings. The summed E-state index contributed by atoms with van der Waals surface area (Å²) in [4.78, 5) is 3.96. The smallest absolute Gasteiger partial charge is 0.273 e. The number of nitrogens with zero attached hydrogens (tertiary/aromatic N) is 1. The molecule has 0 saturated heterocycles. The molecule has 105 valence electrons. The molecule has 0 aliphatic heterocycles. The van der Waals surface area contributed by atoms with Gasteiger partial charge in [-0.1, -0.05) is 6.07 Å². The third-order valence-corrected chi connectivity index (χ3v) is 2.77. The first-order chi connectivity index (χ1) is 9.40. The molecule has 1 radical (unpaired) electrons. The van der Waals surface area contributed by atoms with Gasteiger partial charge in [-0.05, 0) is 29.3 Å². The Bertz CT molecular complexity index is 608. The number of ether oxygens (including phenoxy) is 1. The lowest BCUT2D eigenvalue weighted by atomic mass is 10.0. The minimum atomic E-state index is -3.22. The Morgan fingerprint density at radius 3 is 2.55 bits per heavy atom. The number of pyridine rings is 1. The molecule has 0 aliphatic rings. The Kier molecular flexibility index (Phi) is 3.97. The highest BCUT2D eigenvalue weighted by Gasteiger charge is 2.28. The van der Waals surface area contributed by atoms with Crippen molar-refractivity contribution in [1.82, 2.24) is 4.98 Å². The molecule has 0 aliphatic carbocycles. The van der Waals surface area contributed by atoms with Crippen LogP contribution in [0.15, 0.2) is 36.7 Å². The second-order valence-electron chi connectivity index (χ2n) is 4.43. The topological polar surface area (TPSA) is 22.1 Å². The van der Waals surface area contributed by atoms with E-state index in [-0.39, 0.29) is 0 Å². The van der Waals surface area contributed by atoms with Crippen molar-refractivity contribution >= 4 is 0 Å². The average Bonchev–Trinajstić information content (AvgIpc) is 2.40. The molecule has 0 N–H and O–H groups in total. The molecule has 2 rings (SSSR count). The number of hydrogen-bond donors (Lipinski definition) is 0. The fourth-order valence-corrected chi connectivity index (χ4v) is 1.79. The number of methoxy groups -OCH3 is 1. The number of halogens is 3. The van der Waals surface area contributed by atoms with Crippen LogP contribution >= 0.6 is 0 Å². The Morgan fingerprint density at radius 1 is 1.15 bits per heavy atom. The van der Waals surface area contributed by atoms with E-state index in [0.717, 1.165) is 12.1 Å². The molecule has 0 unspecified atom stereocenters. The lowest BCUT2D eigenvalue weighted by Gasteiger charge is -2.13. The highest BCUT2D eigenvalue weighted by Crippen LogP contribution is 2.30. The molecule has 2 aromatic rings. The van der Waals surface area contributed by atoms with Crippen LogP contribution in [0.25, 0.3) is 0 Å². The van der Waals surface area contributed by atoms with Crippen molar-refractivity contribution in [2.24, 2.45) is 0 Å². The fourth-order valence-electron chi connectivity index (χ4n) is 1.79. The zero-order chi connectivity index (χ0) is 14.8. The van der Waals surface area contributed by atoms with Crippen molar-refractivity contribution < 1.29 is 17.9 Å². The predicted molar refractivity (Wildman–Crippen MR) is 69.3 cm³/mol. The van der Waals surface area contributed by atoms with Crippen LogP contribution in [0, 0.1) is 12.2 Å². The maximum atomic E-state index is 13.4. The van der Waals surface area contributed by atoms with Gasteiger partial charge in [0.2, 0.25) is 0 Å². The third kappa shape index (κ3) is 3.29. The second-order valence-corrected chi connectivity index (χ2v) is 4.43. The van der Waals surface area contributed by atoms with Gasteiger partial charge in [-0.15, -0.1) is 0 Å². The van der Waals surface area contributed by atoms with Crippen LogP contribution in [0.1, 0.15) is 23.6 Å². The maximum absolute atomic E-state index is 13.4. The van der Waals surface area contributed by atoms with Crippen molar-refractivity contribution in [3.63, 3.8) is 0 Å². The molecule has 0 atom stereocenters. The third-order valence-electron chi connectivity index (χ3n) is 2.77. The van der Waals surface area contributed by atoms with Crippen LogP contribution in [-0.4, -0.2) is 12.1 Å². The van der Waals surface area contributed by atoms with E-state index in [9.17, 15) is 13.2 Å². The molecule has 1 aromatic heterocycles. The monoisotopic (exact) mass is 280 g/mol. The number of aromatic nitrogens is 1. The summed E-state index contributed by atoms with van der Waals surface area (Å²) in [5, 5.41) is 0. The Labute approximate surface area is 115 Å². The molecule has 5 heteroatoms. The maximum Gasteiger partial charge on any atom is 0.273 e. The van der Waals surface area contributed by atoms with Gasteiger partial charge in [-0.2, -0.15) is 0 Å². The molecule has 0 bridgehead atoms. The van der Waals surface area contributed by atoms with Gasteiger partial charge in [0.05, 0.1) is 18.9 Å². The first-order valence-corrected chi connectivity index (χ1v) is 5.92. The molecule has 1 aromatic carbocycles. The van der Waals surface area contributed by atoms with Gasteiger partial charge in [-0.3, -0.25) is 4.98 Å². The highest BCUT2D eigenvalue weighted by atomic mass is 19.3. The SMILES string of the molecule is COc1cncc([CH]c2ccc(F)c(C(C)(F)F)c2)c1. The van der Waals surface area contributed by atoms with Gasteiger partial charge in [0.1, 0.15) is 11.6 Å². The summed E-state index contributed by atoms with van der Waals surface area (Å²) in [6, 6.07) is 5.31. The van der Waals surface area contributed by atoms with E-state index >= 15 is 0 Å². The summed E-state index contributed by atoms with van der Waals surface area (Å²) >= 11 is 0. The molecule has 0 spiro atoms. The zero-order valence-corrected chi connectivity index (χ0v) is 11.0. The van der Waals surface area contributed by atoms with Gasteiger partial charge >= 0.3 is 0 Å². The summed E-state index contributed by atoms with van der Waals surface area (Å²) in [7, 11) is 1.51. The Morgan fingerprint density at radius 2 is 1.90 bits per heavy atom. The molecule has 0 saturated carbocycles. The van der Waals surface area contributed by atoms with E-state index < -0.39 is 17.3 Å². The summed E-state index contributed by atoms with van der Waals surface area (Å²) in [6.07, 6.45) is 4.73. The van der Waals surface area contributed by atoms with Crippen molar-refractivity contribution in [3.8, 4) is 5.75 Å². The van der Waals surface area contributed by atoms with Gasteiger partial charge in [0, 0.05) is 19.5 Å². The lowest BCUT2D eigenvalue weighted by molar-refractivity contribution is 0.0137. The van der Waals surface area contributed by atoms with Crippen LogP contribution in [0.4, 0.5) is 13.2 Å². The normalized spacial score (nSPS) is 11.4. The van der Waals surface area contributed by atoms with Crippen LogP contribution in [0.5, 0.6) is 5.75 Å².